The molecule has 4 rings (SSSR count). The average Bonchev–Trinajstić information content (AvgIpc) is 3.01. The van der Waals surface area contributed by atoms with E-state index in [0.717, 1.165) is 36.0 Å². The Balaban J connectivity index is 1.64. The maximum atomic E-state index is 12.8. The van der Waals surface area contributed by atoms with Crippen LogP contribution in [-0.4, -0.2) is 31.6 Å². The molecule has 1 amide bonds. The van der Waals surface area contributed by atoms with E-state index in [2.05, 4.69) is 17.3 Å². The molecule has 3 aromatic rings. The number of rotatable bonds is 3. The molecular weight excluding hydrogens is 334 g/mol. The number of ether oxygens (including phenoxy) is 1. The molecule has 0 spiro atoms. The minimum absolute atomic E-state index is 0.186. The standard InChI is InChI=1S/C19H19N3O2S/c1-22-8-7-15-17(11-22)25-19(20-15)21-18(23)14-9-12-5-3-4-6-13(12)10-16(14)24-2/h3-6,9-10H,7-8,11H2,1-2H3,(H,20,21,23)/p+1. The fourth-order valence-corrected chi connectivity index (χ4v) is 4.31. The number of hydrogen-bond acceptors (Lipinski definition) is 4. The number of hydrogen-bond donors (Lipinski definition) is 2. The van der Waals surface area contributed by atoms with Gasteiger partial charge in [0.05, 0.1) is 36.8 Å². The molecule has 2 N–H and O–H groups in total. The Hall–Kier alpha value is -2.44. The van der Waals surface area contributed by atoms with Gasteiger partial charge in [0.15, 0.2) is 5.13 Å². The second-order valence-electron chi connectivity index (χ2n) is 6.38. The van der Waals surface area contributed by atoms with Crippen molar-refractivity contribution in [2.24, 2.45) is 0 Å². The van der Waals surface area contributed by atoms with Crippen molar-refractivity contribution in [3.05, 3.63) is 52.5 Å². The molecule has 25 heavy (non-hydrogen) atoms. The minimum Gasteiger partial charge on any atom is -0.496 e. The second-order valence-corrected chi connectivity index (χ2v) is 7.46. The lowest BCUT2D eigenvalue weighted by molar-refractivity contribution is -0.895. The van der Waals surface area contributed by atoms with E-state index in [4.69, 9.17) is 4.74 Å². The zero-order valence-corrected chi connectivity index (χ0v) is 15.1. The summed E-state index contributed by atoms with van der Waals surface area (Å²) in [6.07, 6.45) is 0.965. The highest BCUT2D eigenvalue weighted by Gasteiger charge is 2.22. The molecule has 0 bridgehead atoms. The zero-order chi connectivity index (χ0) is 17.4. The Morgan fingerprint density at radius 1 is 1.28 bits per heavy atom. The van der Waals surface area contributed by atoms with Crippen molar-refractivity contribution < 1.29 is 14.4 Å². The van der Waals surface area contributed by atoms with Crippen LogP contribution in [0, 0.1) is 0 Å². The number of likely N-dealkylation sites (N-methyl/N-ethyl adjacent to an activating group) is 1. The highest BCUT2D eigenvalue weighted by molar-refractivity contribution is 7.15. The van der Waals surface area contributed by atoms with Crippen molar-refractivity contribution in [2.75, 3.05) is 26.0 Å². The van der Waals surface area contributed by atoms with Crippen LogP contribution in [0.25, 0.3) is 10.8 Å². The molecule has 1 unspecified atom stereocenters. The van der Waals surface area contributed by atoms with Crippen LogP contribution >= 0.6 is 11.3 Å². The van der Waals surface area contributed by atoms with Crippen LogP contribution < -0.4 is 15.0 Å². The van der Waals surface area contributed by atoms with Crippen molar-refractivity contribution in [1.29, 1.82) is 0 Å². The number of anilines is 1. The van der Waals surface area contributed by atoms with Crippen LogP contribution in [0.5, 0.6) is 5.75 Å². The SMILES string of the molecule is COc1cc2ccccc2cc1C(=O)Nc1nc2c(s1)C[NH+](C)CC2. The third-order valence-corrected chi connectivity index (χ3v) is 5.58. The Kier molecular flexibility index (Phi) is 4.15. The van der Waals surface area contributed by atoms with Crippen LogP contribution in [0.15, 0.2) is 36.4 Å². The first-order valence-electron chi connectivity index (χ1n) is 8.32. The number of carbonyl (C=O) groups is 1. The van der Waals surface area contributed by atoms with Gasteiger partial charge >= 0.3 is 0 Å². The van der Waals surface area contributed by atoms with Gasteiger partial charge in [0.1, 0.15) is 12.3 Å². The quantitative estimate of drug-likeness (QED) is 0.758. The summed E-state index contributed by atoms with van der Waals surface area (Å²) in [5.41, 5.74) is 1.65. The molecule has 1 atom stereocenters. The van der Waals surface area contributed by atoms with Gasteiger partial charge in [-0.3, -0.25) is 10.1 Å². The Labute approximate surface area is 150 Å². The van der Waals surface area contributed by atoms with E-state index in [-0.39, 0.29) is 5.91 Å². The lowest BCUT2D eigenvalue weighted by Crippen LogP contribution is -3.08. The maximum Gasteiger partial charge on any atom is 0.261 e. The van der Waals surface area contributed by atoms with E-state index in [9.17, 15) is 4.79 Å². The van der Waals surface area contributed by atoms with Crippen LogP contribution in [0.4, 0.5) is 5.13 Å². The van der Waals surface area contributed by atoms with Crippen molar-refractivity contribution in [1.82, 2.24) is 4.98 Å². The number of nitrogens with one attached hydrogen (secondary N) is 2. The third kappa shape index (κ3) is 3.10. The van der Waals surface area contributed by atoms with Crippen molar-refractivity contribution in [3.63, 3.8) is 0 Å². The number of methoxy groups -OCH3 is 1. The molecule has 5 nitrogen and oxygen atoms in total. The highest BCUT2D eigenvalue weighted by Crippen LogP contribution is 2.28. The van der Waals surface area contributed by atoms with Gasteiger partial charge in [0, 0.05) is 6.42 Å². The second kappa shape index (κ2) is 6.46. The summed E-state index contributed by atoms with van der Waals surface area (Å²) in [4.78, 5) is 20.1. The fourth-order valence-electron chi connectivity index (χ4n) is 3.19. The van der Waals surface area contributed by atoms with Crippen molar-refractivity contribution in [2.45, 2.75) is 13.0 Å². The number of fused-ring (bicyclic) bond motifs is 2. The molecule has 128 valence electrons. The molecule has 0 aliphatic carbocycles. The number of nitrogens with zero attached hydrogens (tertiary/aromatic N) is 1. The molecule has 2 aromatic carbocycles. The van der Waals surface area contributed by atoms with Gasteiger partial charge < -0.3 is 9.64 Å². The topological polar surface area (TPSA) is 55.7 Å². The van der Waals surface area contributed by atoms with Gasteiger partial charge in [-0.15, -0.1) is 0 Å². The predicted octanol–water partition coefficient (Wildman–Crippen LogP) is 2.13. The first-order valence-corrected chi connectivity index (χ1v) is 9.13. The number of thiazole rings is 1. The lowest BCUT2D eigenvalue weighted by Gasteiger charge is -2.17. The van der Waals surface area contributed by atoms with Gasteiger partial charge in [-0.05, 0) is 22.9 Å². The van der Waals surface area contributed by atoms with Crippen molar-refractivity contribution in [3.8, 4) is 5.75 Å². The summed E-state index contributed by atoms with van der Waals surface area (Å²) in [7, 11) is 3.77. The first-order chi connectivity index (χ1) is 12.1. The van der Waals surface area contributed by atoms with E-state index < -0.39 is 0 Å². The minimum atomic E-state index is -0.186. The summed E-state index contributed by atoms with van der Waals surface area (Å²) in [6.45, 7) is 2.06. The van der Waals surface area contributed by atoms with Gasteiger partial charge in [-0.1, -0.05) is 35.6 Å². The number of quaternary nitrogens is 1. The molecule has 0 radical (unpaired) electrons. The first kappa shape index (κ1) is 16.1. The monoisotopic (exact) mass is 354 g/mol. The van der Waals surface area contributed by atoms with E-state index >= 15 is 0 Å². The van der Waals surface area contributed by atoms with Crippen molar-refractivity contribution >= 4 is 33.1 Å². The Bertz CT molecular complexity index is 951. The number of amides is 1. The normalized spacial score (nSPS) is 16.5. The zero-order valence-electron chi connectivity index (χ0n) is 14.3. The third-order valence-electron chi connectivity index (χ3n) is 4.56. The average molecular weight is 354 g/mol. The van der Waals surface area contributed by atoms with Gasteiger partial charge in [0.25, 0.3) is 5.91 Å². The predicted molar refractivity (Wildman–Crippen MR) is 99.7 cm³/mol. The number of carbonyl (C=O) groups excluding carboxylic acids is 1. The van der Waals surface area contributed by atoms with E-state index in [1.54, 1.807) is 18.4 Å². The highest BCUT2D eigenvalue weighted by atomic mass is 32.1. The van der Waals surface area contributed by atoms with Gasteiger partial charge in [-0.25, -0.2) is 4.98 Å². The molecule has 0 saturated carbocycles. The summed E-state index contributed by atoms with van der Waals surface area (Å²) in [5.74, 6) is 0.385. The molecular formula is C19H20N3O2S+. The molecule has 0 saturated heterocycles. The molecule has 1 aliphatic heterocycles. The molecule has 6 heteroatoms. The number of aromatic nitrogens is 1. The largest absolute Gasteiger partial charge is 0.496 e. The van der Waals surface area contributed by atoms with Crippen LogP contribution in [0.2, 0.25) is 0 Å². The van der Waals surface area contributed by atoms with Gasteiger partial charge in [0.2, 0.25) is 0 Å². The molecule has 1 aliphatic rings. The van der Waals surface area contributed by atoms with E-state index in [1.807, 2.05) is 36.4 Å². The fraction of sp³-hybridized carbons (Fsp3) is 0.263. The Morgan fingerprint density at radius 3 is 2.80 bits per heavy atom. The smallest absolute Gasteiger partial charge is 0.261 e. The molecule has 0 fully saturated rings. The van der Waals surface area contributed by atoms with Crippen LogP contribution in [0.3, 0.4) is 0 Å². The maximum absolute atomic E-state index is 12.8. The summed E-state index contributed by atoms with van der Waals surface area (Å²) in [5, 5.41) is 5.67. The van der Waals surface area contributed by atoms with Gasteiger partial charge in [-0.2, -0.15) is 0 Å². The molecule has 2 heterocycles. The van der Waals surface area contributed by atoms with E-state index in [0.29, 0.717) is 16.4 Å². The Morgan fingerprint density at radius 2 is 2.04 bits per heavy atom. The van der Waals surface area contributed by atoms with Crippen LogP contribution in [0.1, 0.15) is 20.9 Å². The van der Waals surface area contributed by atoms with E-state index in [1.165, 1.54) is 9.78 Å². The molecule has 1 aromatic heterocycles. The summed E-state index contributed by atoms with van der Waals surface area (Å²) < 4.78 is 5.43. The lowest BCUT2D eigenvalue weighted by atomic mass is 10.1. The summed E-state index contributed by atoms with van der Waals surface area (Å²) >= 11 is 1.57. The number of benzene rings is 2. The summed E-state index contributed by atoms with van der Waals surface area (Å²) in [6, 6.07) is 11.7. The van der Waals surface area contributed by atoms with Crippen LogP contribution in [-0.2, 0) is 13.0 Å².